The lowest BCUT2D eigenvalue weighted by Gasteiger charge is -2.16. The van der Waals surface area contributed by atoms with Gasteiger partial charge < -0.3 is 15.2 Å². The molecule has 0 bridgehead atoms. The van der Waals surface area contributed by atoms with E-state index >= 15 is 0 Å². The van der Waals surface area contributed by atoms with Crippen LogP contribution < -0.4 is 10.1 Å². The maximum Gasteiger partial charge on any atom is 0.356 e. The minimum atomic E-state index is -1.15. The van der Waals surface area contributed by atoms with Gasteiger partial charge in [-0.15, -0.1) is 0 Å². The van der Waals surface area contributed by atoms with Gasteiger partial charge in [-0.1, -0.05) is 23.7 Å². The van der Waals surface area contributed by atoms with E-state index in [1.165, 1.54) is 6.07 Å². The molecule has 0 saturated heterocycles. The van der Waals surface area contributed by atoms with Crippen LogP contribution in [0.2, 0.25) is 5.02 Å². The minimum absolute atomic E-state index is 0.0359. The molecule has 2 aromatic rings. The second-order valence-electron chi connectivity index (χ2n) is 4.47. The standard InChI is InChI=1S/C15H15ClN2O3/c1-9(10-3-5-11(21-2)6-4-10)17-13-8-7-12(16)14(18-13)15(19)20/h3-9H,1-2H3,(H,17,18)(H,19,20). The molecule has 2 N–H and O–H groups in total. The number of aromatic carboxylic acids is 1. The van der Waals surface area contributed by atoms with Gasteiger partial charge in [-0.3, -0.25) is 0 Å². The van der Waals surface area contributed by atoms with Crippen LogP contribution in [0.25, 0.3) is 0 Å². The average Bonchev–Trinajstić information content (AvgIpc) is 2.49. The molecular formula is C15H15ClN2O3. The van der Waals surface area contributed by atoms with E-state index < -0.39 is 5.97 Å². The van der Waals surface area contributed by atoms with Crippen molar-refractivity contribution in [2.45, 2.75) is 13.0 Å². The van der Waals surface area contributed by atoms with Crippen LogP contribution in [-0.2, 0) is 0 Å². The summed E-state index contributed by atoms with van der Waals surface area (Å²) in [6.45, 7) is 1.96. The maximum atomic E-state index is 11.0. The molecule has 0 spiro atoms. The summed E-state index contributed by atoms with van der Waals surface area (Å²) in [7, 11) is 1.61. The second kappa shape index (κ2) is 6.45. The molecule has 0 radical (unpaired) electrons. The van der Waals surface area contributed by atoms with Crippen molar-refractivity contribution < 1.29 is 14.6 Å². The van der Waals surface area contributed by atoms with Crippen molar-refractivity contribution in [3.63, 3.8) is 0 Å². The van der Waals surface area contributed by atoms with Gasteiger partial charge in [0.2, 0.25) is 0 Å². The normalized spacial score (nSPS) is 11.8. The third-order valence-electron chi connectivity index (χ3n) is 3.03. The molecule has 5 nitrogen and oxygen atoms in total. The molecule has 0 fully saturated rings. The molecule has 2 rings (SSSR count). The number of nitrogens with zero attached hydrogens (tertiary/aromatic N) is 1. The first kappa shape index (κ1) is 15.1. The number of aromatic nitrogens is 1. The highest BCUT2D eigenvalue weighted by atomic mass is 35.5. The topological polar surface area (TPSA) is 71.5 Å². The van der Waals surface area contributed by atoms with Gasteiger partial charge in [0.15, 0.2) is 5.69 Å². The number of methoxy groups -OCH3 is 1. The van der Waals surface area contributed by atoms with Gasteiger partial charge in [0.25, 0.3) is 0 Å². The van der Waals surface area contributed by atoms with Crippen LogP contribution in [0.3, 0.4) is 0 Å². The molecule has 21 heavy (non-hydrogen) atoms. The first-order valence-corrected chi connectivity index (χ1v) is 6.69. The number of rotatable bonds is 5. The summed E-state index contributed by atoms with van der Waals surface area (Å²) >= 11 is 5.79. The minimum Gasteiger partial charge on any atom is -0.497 e. The number of ether oxygens (including phenoxy) is 1. The van der Waals surface area contributed by atoms with E-state index in [2.05, 4.69) is 10.3 Å². The Labute approximate surface area is 127 Å². The Kier molecular flexibility index (Phi) is 4.65. The van der Waals surface area contributed by atoms with Gasteiger partial charge in [-0.2, -0.15) is 0 Å². The van der Waals surface area contributed by atoms with Gasteiger partial charge in [-0.05, 0) is 36.8 Å². The summed E-state index contributed by atoms with van der Waals surface area (Å²) in [4.78, 5) is 15.0. The van der Waals surface area contributed by atoms with Crippen molar-refractivity contribution in [1.82, 2.24) is 4.98 Å². The number of halogens is 1. The van der Waals surface area contributed by atoms with Crippen LogP contribution in [0.15, 0.2) is 36.4 Å². The summed E-state index contributed by atoms with van der Waals surface area (Å²) < 4.78 is 5.11. The molecule has 1 unspecified atom stereocenters. The van der Waals surface area contributed by atoms with Crippen LogP contribution in [0.5, 0.6) is 5.75 Å². The summed E-state index contributed by atoms with van der Waals surface area (Å²) in [6.07, 6.45) is 0. The van der Waals surface area contributed by atoms with Crippen LogP contribution in [0.1, 0.15) is 29.0 Å². The monoisotopic (exact) mass is 306 g/mol. The summed E-state index contributed by atoms with van der Waals surface area (Å²) in [5, 5.41) is 12.3. The predicted molar refractivity (Wildman–Crippen MR) is 81.2 cm³/mol. The number of hydrogen-bond acceptors (Lipinski definition) is 4. The van der Waals surface area contributed by atoms with Crippen LogP contribution >= 0.6 is 11.6 Å². The zero-order valence-corrected chi connectivity index (χ0v) is 12.4. The van der Waals surface area contributed by atoms with Crippen molar-refractivity contribution in [3.8, 4) is 5.75 Å². The molecule has 0 aliphatic carbocycles. The highest BCUT2D eigenvalue weighted by molar-refractivity contribution is 6.33. The van der Waals surface area contributed by atoms with Gasteiger partial charge in [0.05, 0.1) is 12.1 Å². The molecule has 6 heteroatoms. The average molecular weight is 307 g/mol. The van der Waals surface area contributed by atoms with E-state index in [-0.39, 0.29) is 16.8 Å². The quantitative estimate of drug-likeness (QED) is 0.883. The Balaban J connectivity index is 2.16. The third-order valence-corrected chi connectivity index (χ3v) is 3.33. The molecule has 0 aliphatic rings. The fourth-order valence-corrected chi connectivity index (χ4v) is 2.06. The van der Waals surface area contributed by atoms with Gasteiger partial charge in [0, 0.05) is 6.04 Å². The Bertz CT molecular complexity index is 644. The van der Waals surface area contributed by atoms with E-state index in [0.29, 0.717) is 5.82 Å². The van der Waals surface area contributed by atoms with Gasteiger partial charge in [0.1, 0.15) is 11.6 Å². The first-order chi connectivity index (χ1) is 10.0. The molecule has 1 atom stereocenters. The fraction of sp³-hybridized carbons (Fsp3) is 0.200. The highest BCUT2D eigenvalue weighted by Gasteiger charge is 2.13. The smallest absolute Gasteiger partial charge is 0.356 e. The number of benzene rings is 1. The number of nitrogens with one attached hydrogen (secondary N) is 1. The third kappa shape index (κ3) is 3.64. The number of hydrogen-bond donors (Lipinski definition) is 2. The molecule has 110 valence electrons. The number of pyridine rings is 1. The van der Waals surface area contributed by atoms with E-state index in [1.807, 2.05) is 31.2 Å². The summed E-state index contributed by atoms with van der Waals surface area (Å²) in [6, 6.07) is 10.7. The number of anilines is 1. The number of carboxylic acid groups (broad SMARTS) is 1. The maximum absolute atomic E-state index is 11.0. The Morgan fingerprint density at radius 3 is 2.52 bits per heavy atom. The molecule has 0 aliphatic heterocycles. The van der Waals surface area contributed by atoms with Crippen molar-refractivity contribution in [2.24, 2.45) is 0 Å². The molecule has 1 aromatic carbocycles. The Hall–Kier alpha value is -2.27. The van der Waals surface area contributed by atoms with E-state index in [0.717, 1.165) is 11.3 Å². The lowest BCUT2D eigenvalue weighted by molar-refractivity contribution is 0.0691. The van der Waals surface area contributed by atoms with E-state index in [4.69, 9.17) is 21.4 Å². The van der Waals surface area contributed by atoms with Gasteiger partial charge in [-0.25, -0.2) is 9.78 Å². The summed E-state index contributed by atoms with van der Waals surface area (Å²) in [5.74, 6) is 0.0876. The molecular weight excluding hydrogens is 292 g/mol. The Morgan fingerprint density at radius 2 is 1.95 bits per heavy atom. The van der Waals surface area contributed by atoms with Crippen LogP contribution in [0.4, 0.5) is 5.82 Å². The van der Waals surface area contributed by atoms with E-state index in [9.17, 15) is 4.79 Å². The second-order valence-corrected chi connectivity index (χ2v) is 4.88. The van der Waals surface area contributed by atoms with Crippen LogP contribution in [-0.4, -0.2) is 23.2 Å². The molecule has 1 heterocycles. The Morgan fingerprint density at radius 1 is 1.29 bits per heavy atom. The SMILES string of the molecule is COc1ccc(C(C)Nc2ccc(Cl)c(C(=O)O)n2)cc1. The zero-order chi connectivity index (χ0) is 15.4. The van der Waals surface area contributed by atoms with E-state index in [1.54, 1.807) is 13.2 Å². The number of carbonyl (C=O) groups is 1. The predicted octanol–water partition coefficient (Wildman–Crippen LogP) is 3.61. The highest BCUT2D eigenvalue weighted by Crippen LogP contribution is 2.22. The lowest BCUT2D eigenvalue weighted by atomic mass is 10.1. The van der Waals surface area contributed by atoms with Crippen molar-refractivity contribution >= 4 is 23.4 Å². The van der Waals surface area contributed by atoms with Crippen molar-refractivity contribution in [2.75, 3.05) is 12.4 Å². The first-order valence-electron chi connectivity index (χ1n) is 6.31. The molecule has 0 amide bonds. The van der Waals surface area contributed by atoms with Gasteiger partial charge >= 0.3 is 5.97 Å². The zero-order valence-electron chi connectivity index (χ0n) is 11.6. The van der Waals surface area contributed by atoms with Crippen LogP contribution in [0, 0.1) is 0 Å². The largest absolute Gasteiger partial charge is 0.497 e. The lowest BCUT2D eigenvalue weighted by Crippen LogP contribution is -2.10. The van der Waals surface area contributed by atoms with Crippen molar-refractivity contribution in [1.29, 1.82) is 0 Å². The molecule has 0 saturated carbocycles. The summed E-state index contributed by atoms with van der Waals surface area (Å²) in [5.41, 5.74) is 0.869. The van der Waals surface area contributed by atoms with Crippen molar-refractivity contribution in [3.05, 3.63) is 52.7 Å². The fourth-order valence-electron chi connectivity index (χ4n) is 1.87. The number of carboxylic acids is 1. The molecule has 1 aromatic heterocycles.